The fraction of sp³-hybridized carbons (Fsp3) is 0.227. The van der Waals surface area contributed by atoms with Crippen molar-refractivity contribution in [2.75, 3.05) is 18.0 Å². The first-order chi connectivity index (χ1) is 14.1. The number of para-hydroxylation sites is 1. The zero-order chi connectivity index (χ0) is 20.4. The molecule has 0 saturated heterocycles. The molecule has 1 N–H and O–H groups in total. The maximum absolute atomic E-state index is 13.2. The lowest BCUT2D eigenvalue weighted by atomic mass is 10.1. The van der Waals surface area contributed by atoms with E-state index < -0.39 is 0 Å². The van der Waals surface area contributed by atoms with Gasteiger partial charge in [0, 0.05) is 24.2 Å². The molecule has 0 aliphatic carbocycles. The van der Waals surface area contributed by atoms with Crippen LogP contribution in [0.5, 0.6) is 0 Å². The number of pyridine rings is 1. The van der Waals surface area contributed by atoms with Gasteiger partial charge >= 0.3 is 0 Å². The number of fused-ring (bicyclic) bond motifs is 3. The molecule has 1 aromatic carbocycles. The predicted molar refractivity (Wildman–Crippen MR) is 114 cm³/mol. The highest BCUT2D eigenvalue weighted by atomic mass is 79.9. The molecular formula is C22H20BrN3O3. The largest absolute Gasteiger partial charge is 0.451 e. The van der Waals surface area contributed by atoms with Crippen LogP contribution in [0.2, 0.25) is 0 Å². The number of halogens is 1. The van der Waals surface area contributed by atoms with Crippen LogP contribution in [0.15, 0.2) is 57.6 Å². The molecule has 3 aromatic rings. The molecule has 0 unspecified atom stereocenters. The summed E-state index contributed by atoms with van der Waals surface area (Å²) in [5.74, 6) is 0.542. The predicted octanol–water partition coefficient (Wildman–Crippen LogP) is 4.45. The Morgan fingerprint density at radius 1 is 1.21 bits per heavy atom. The second-order valence-corrected chi connectivity index (χ2v) is 7.60. The van der Waals surface area contributed by atoms with E-state index >= 15 is 0 Å². The molecule has 6 nitrogen and oxygen atoms in total. The molecule has 29 heavy (non-hydrogen) atoms. The zero-order valence-electron chi connectivity index (χ0n) is 15.9. The van der Waals surface area contributed by atoms with Crippen molar-refractivity contribution in [3.63, 3.8) is 0 Å². The van der Waals surface area contributed by atoms with Gasteiger partial charge in [-0.15, -0.1) is 0 Å². The molecule has 3 heterocycles. The van der Waals surface area contributed by atoms with E-state index in [1.54, 1.807) is 29.2 Å². The first-order valence-electron chi connectivity index (χ1n) is 9.53. The minimum atomic E-state index is -0.219. The number of hydrogen-bond donors (Lipinski definition) is 1. The summed E-state index contributed by atoms with van der Waals surface area (Å²) < 4.78 is 6.56. The molecule has 0 radical (unpaired) electrons. The highest BCUT2D eigenvalue weighted by molar-refractivity contribution is 9.10. The van der Waals surface area contributed by atoms with Crippen molar-refractivity contribution in [3.05, 3.63) is 70.2 Å². The summed E-state index contributed by atoms with van der Waals surface area (Å²) in [6.45, 7) is 3.06. The van der Waals surface area contributed by atoms with E-state index in [-0.39, 0.29) is 11.8 Å². The average Bonchev–Trinajstić information content (AvgIpc) is 3.10. The summed E-state index contributed by atoms with van der Waals surface area (Å²) in [7, 11) is 0. The molecule has 0 saturated carbocycles. The lowest BCUT2D eigenvalue weighted by Gasteiger charge is -2.22. The number of carbonyl (C=O) groups is 2. The van der Waals surface area contributed by atoms with Gasteiger partial charge in [-0.2, -0.15) is 0 Å². The van der Waals surface area contributed by atoms with E-state index in [1.165, 1.54) is 0 Å². The zero-order valence-corrected chi connectivity index (χ0v) is 17.5. The summed E-state index contributed by atoms with van der Waals surface area (Å²) in [5, 5.41) is 2.84. The van der Waals surface area contributed by atoms with Gasteiger partial charge in [-0.1, -0.05) is 25.1 Å². The summed E-state index contributed by atoms with van der Waals surface area (Å²) in [4.78, 5) is 31.5. The second kappa shape index (κ2) is 8.21. The van der Waals surface area contributed by atoms with E-state index in [4.69, 9.17) is 4.42 Å². The molecule has 7 heteroatoms. The maximum atomic E-state index is 13.2. The van der Waals surface area contributed by atoms with Gasteiger partial charge in [0.2, 0.25) is 0 Å². The van der Waals surface area contributed by atoms with Gasteiger partial charge in [0.1, 0.15) is 16.1 Å². The first kappa shape index (κ1) is 19.4. The molecule has 2 aromatic heterocycles. The number of anilines is 1. The Hall–Kier alpha value is -2.93. The lowest BCUT2D eigenvalue weighted by Crippen LogP contribution is -2.33. The van der Waals surface area contributed by atoms with Crippen LogP contribution < -0.4 is 10.2 Å². The molecule has 0 atom stereocenters. The average molecular weight is 454 g/mol. The number of nitrogens with one attached hydrogen (secondary N) is 1. The Kier molecular flexibility index (Phi) is 5.49. The standard InChI is InChI=1S/C22H20BrN3O3/c1-2-11-24-21(27)18-13-14-10-12-26(22(28)16-7-5-9-19(23)25-16)17-8-4-3-6-15(17)20(14)29-18/h3-9,13H,2,10-12H2,1H3,(H,24,27). The number of rotatable bonds is 4. The molecule has 0 fully saturated rings. The fourth-order valence-electron chi connectivity index (χ4n) is 3.41. The third kappa shape index (κ3) is 3.82. The van der Waals surface area contributed by atoms with Crippen LogP contribution in [-0.2, 0) is 6.42 Å². The van der Waals surface area contributed by atoms with Gasteiger partial charge in [-0.25, -0.2) is 4.98 Å². The van der Waals surface area contributed by atoms with Crippen molar-refractivity contribution in [3.8, 4) is 11.3 Å². The Labute approximate surface area is 177 Å². The van der Waals surface area contributed by atoms with E-state index in [1.807, 2.05) is 31.2 Å². The van der Waals surface area contributed by atoms with Crippen LogP contribution >= 0.6 is 15.9 Å². The van der Waals surface area contributed by atoms with Gasteiger partial charge in [0.25, 0.3) is 11.8 Å². The second-order valence-electron chi connectivity index (χ2n) is 6.79. The number of furan rings is 1. The van der Waals surface area contributed by atoms with Crippen LogP contribution in [0, 0.1) is 0 Å². The first-order valence-corrected chi connectivity index (χ1v) is 10.3. The number of benzene rings is 1. The van der Waals surface area contributed by atoms with Gasteiger partial charge in [-0.3, -0.25) is 9.59 Å². The van der Waals surface area contributed by atoms with E-state index in [0.29, 0.717) is 41.3 Å². The van der Waals surface area contributed by atoms with E-state index in [2.05, 4.69) is 26.2 Å². The minimum Gasteiger partial charge on any atom is -0.451 e. The number of amides is 2. The Morgan fingerprint density at radius 3 is 2.83 bits per heavy atom. The normalized spacial score (nSPS) is 12.7. The van der Waals surface area contributed by atoms with Crippen LogP contribution in [0.25, 0.3) is 11.3 Å². The summed E-state index contributed by atoms with van der Waals surface area (Å²) in [6, 6.07) is 14.6. The third-order valence-corrected chi connectivity index (χ3v) is 5.23. The lowest BCUT2D eigenvalue weighted by molar-refractivity contribution is 0.0925. The van der Waals surface area contributed by atoms with Gasteiger partial charge in [0.05, 0.1) is 5.69 Å². The molecule has 4 rings (SSSR count). The summed E-state index contributed by atoms with van der Waals surface area (Å²) in [5.41, 5.74) is 2.81. The number of hydrogen-bond acceptors (Lipinski definition) is 4. The Bertz CT molecular complexity index is 1080. The molecule has 0 spiro atoms. The summed E-state index contributed by atoms with van der Waals surface area (Å²) in [6.07, 6.45) is 1.43. The molecule has 2 amide bonds. The molecular weight excluding hydrogens is 434 g/mol. The van der Waals surface area contributed by atoms with Crippen molar-refractivity contribution >= 4 is 33.4 Å². The highest BCUT2D eigenvalue weighted by Crippen LogP contribution is 2.38. The van der Waals surface area contributed by atoms with Crippen molar-refractivity contribution in [1.29, 1.82) is 0 Å². The van der Waals surface area contributed by atoms with Crippen molar-refractivity contribution in [2.24, 2.45) is 0 Å². The highest BCUT2D eigenvalue weighted by Gasteiger charge is 2.29. The van der Waals surface area contributed by atoms with Crippen LogP contribution in [-0.4, -0.2) is 29.9 Å². The number of carbonyl (C=O) groups excluding carboxylic acids is 2. The Balaban J connectivity index is 1.72. The summed E-state index contributed by atoms with van der Waals surface area (Å²) >= 11 is 3.32. The SMILES string of the molecule is CCCNC(=O)c1cc2c(o1)-c1ccccc1N(C(=O)c1cccc(Br)n1)CC2. The molecule has 1 aliphatic rings. The Morgan fingerprint density at radius 2 is 2.03 bits per heavy atom. The van der Waals surface area contributed by atoms with Crippen LogP contribution in [0.3, 0.4) is 0 Å². The van der Waals surface area contributed by atoms with Crippen molar-refractivity contribution in [2.45, 2.75) is 19.8 Å². The quantitative estimate of drug-likeness (QED) is 0.592. The van der Waals surface area contributed by atoms with Crippen molar-refractivity contribution < 1.29 is 14.0 Å². The molecule has 148 valence electrons. The number of nitrogens with zero attached hydrogens (tertiary/aromatic N) is 2. The van der Waals surface area contributed by atoms with Gasteiger partial charge in [0.15, 0.2) is 5.76 Å². The number of aromatic nitrogens is 1. The maximum Gasteiger partial charge on any atom is 0.287 e. The molecule has 0 bridgehead atoms. The third-order valence-electron chi connectivity index (χ3n) is 4.79. The minimum absolute atomic E-state index is 0.176. The fourth-order valence-corrected chi connectivity index (χ4v) is 3.75. The topological polar surface area (TPSA) is 75.4 Å². The van der Waals surface area contributed by atoms with E-state index in [0.717, 1.165) is 23.2 Å². The van der Waals surface area contributed by atoms with Crippen LogP contribution in [0.1, 0.15) is 40.0 Å². The van der Waals surface area contributed by atoms with Gasteiger partial charge in [-0.05, 0) is 59.1 Å². The van der Waals surface area contributed by atoms with Crippen molar-refractivity contribution in [1.82, 2.24) is 10.3 Å². The van der Waals surface area contributed by atoms with E-state index in [9.17, 15) is 9.59 Å². The smallest absolute Gasteiger partial charge is 0.287 e. The van der Waals surface area contributed by atoms with Gasteiger partial charge < -0.3 is 14.6 Å². The molecule has 1 aliphatic heterocycles. The van der Waals surface area contributed by atoms with Crippen LogP contribution in [0.4, 0.5) is 5.69 Å². The monoisotopic (exact) mass is 453 g/mol.